The van der Waals surface area contributed by atoms with Crippen LogP contribution < -0.4 is 5.32 Å². The Kier molecular flexibility index (Phi) is 7.54. The number of hydrogen-bond donors (Lipinski definition) is 1. The van der Waals surface area contributed by atoms with Crippen LogP contribution in [0.3, 0.4) is 0 Å². The molecule has 0 bridgehead atoms. The summed E-state index contributed by atoms with van der Waals surface area (Å²) in [5, 5.41) is 4.18. The first-order valence-electron chi connectivity index (χ1n) is 12.9. The van der Waals surface area contributed by atoms with E-state index >= 15 is 0 Å². The fourth-order valence-corrected chi connectivity index (χ4v) is 7.31. The van der Waals surface area contributed by atoms with Crippen LogP contribution in [0.15, 0.2) is 90.5 Å². The van der Waals surface area contributed by atoms with E-state index in [1.54, 1.807) is 11.8 Å². The molecule has 2 aliphatic heterocycles. The maximum Gasteiger partial charge on any atom is 0.324 e. The molecule has 38 heavy (non-hydrogen) atoms. The van der Waals surface area contributed by atoms with E-state index < -0.39 is 29.0 Å². The van der Waals surface area contributed by atoms with Crippen LogP contribution in [0, 0.1) is 5.41 Å². The van der Waals surface area contributed by atoms with Gasteiger partial charge in [0.25, 0.3) is 0 Å². The number of carbonyl (C=O) groups is 2. The Labute approximate surface area is 233 Å². The van der Waals surface area contributed by atoms with Gasteiger partial charge < -0.3 is 4.74 Å². The molecule has 4 atom stereocenters. The summed E-state index contributed by atoms with van der Waals surface area (Å²) in [5.74, 6) is 0.476. The fraction of sp³-hybridized carbons (Fsp3) is 0.312. The number of esters is 1. The van der Waals surface area contributed by atoms with Gasteiger partial charge in [-0.2, -0.15) is 11.8 Å². The van der Waals surface area contributed by atoms with Gasteiger partial charge in [-0.1, -0.05) is 84.4 Å². The minimum atomic E-state index is -0.920. The first-order valence-corrected chi connectivity index (χ1v) is 14.4. The van der Waals surface area contributed by atoms with Crippen LogP contribution in [0.1, 0.15) is 49.4 Å². The van der Waals surface area contributed by atoms with Gasteiger partial charge in [-0.15, -0.1) is 0 Å². The fourth-order valence-electron chi connectivity index (χ4n) is 5.76. The molecule has 4 nitrogen and oxygen atoms in total. The van der Waals surface area contributed by atoms with Crippen molar-refractivity contribution in [1.82, 2.24) is 5.32 Å². The highest BCUT2D eigenvalue weighted by Crippen LogP contribution is 2.58. The van der Waals surface area contributed by atoms with Gasteiger partial charge in [-0.25, -0.2) is 0 Å². The molecule has 0 amide bonds. The molecule has 2 saturated heterocycles. The van der Waals surface area contributed by atoms with Gasteiger partial charge >= 0.3 is 5.97 Å². The van der Waals surface area contributed by atoms with Crippen LogP contribution in [0.25, 0.3) is 6.08 Å². The SMILES string of the molecule is CC(C)(C)OC(=O)C1NC(c2cccc(Cl)c2)C2(CSC/C(=C\c3ccccc3)C2=O)C1c1ccccc1. The van der Waals surface area contributed by atoms with Gasteiger partial charge in [0.05, 0.1) is 5.41 Å². The average molecular weight is 546 g/mol. The molecule has 2 fully saturated rings. The maximum atomic E-state index is 14.8. The van der Waals surface area contributed by atoms with E-state index in [1.807, 2.05) is 112 Å². The van der Waals surface area contributed by atoms with Crippen LogP contribution in [-0.4, -0.2) is 34.9 Å². The number of rotatable bonds is 4. The standard InChI is InChI=1S/C32H32ClNO3S/c1-31(2,3)37-30(36)27-26(22-13-8-5-9-14-22)32(28(34-27)23-15-10-16-25(33)18-23)20-38-19-24(29(32)35)17-21-11-6-4-7-12-21/h4-18,26-28,34H,19-20H2,1-3H3/b24-17+. The third-order valence-corrected chi connectivity index (χ3v) is 8.64. The third-order valence-electron chi connectivity index (χ3n) is 7.20. The average Bonchev–Trinajstić information content (AvgIpc) is 3.23. The summed E-state index contributed by atoms with van der Waals surface area (Å²) in [7, 11) is 0. The lowest BCUT2D eigenvalue weighted by molar-refractivity contribution is -0.157. The van der Waals surface area contributed by atoms with Crippen molar-refractivity contribution < 1.29 is 14.3 Å². The van der Waals surface area contributed by atoms with Crippen molar-refractivity contribution in [1.29, 1.82) is 0 Å². The molecule has 3 aromatic rings. The smallest absolute Gasteiger partial charge is 0.324 e. The molecule has 1 spiro atoms. The van der Waals surface area contributed by atoms with Crippen molar-refractivity contribution in [2.45, 2.75) is 44.4 Å². The lowest BCUT2D eigenvalue weighted by Gasteiger charge is -2.42. The molecule has 0 aromatic heterocycles. The minimum absolute atomic E-state index is 0.0671. The summed E-state index contributed by atoms with van der Waals surface area (Å²) in [6, 6.07) is 26.3. The van der Waals surface area contributed by atoms with E-state index in [9.17, 15) is 9.59 Å². The molecule has 2 heterocycles. The zero-order chi connectivity index (χ0) is 26.9. The predicted octanol–water partition coefficient (Wildman–Crippen LogP) is 6.86. The lowest BCUT2D eigenvalue weighted by Crippen LogP contribution is -2.47. The summed E-state index contributed by atoms with van der Waals surface area (Å²) in [4.78, 5) is 28.5. The van der Waals surface area contributed by atoms with Crippen LogP contribution in [0.5, 0.6) is 0 Å². The lowest BCUT2D eigenvalue weighted by atomic mass is 9.64. The number of nitrogens with one attached hydrogen (secondary N) is 1. The predicted molar refractivity (Wildman–Crippen MR) is 155 cm³/mol. The molecule has 196 valence electrons. The van der Waals surface area contributed by atoms with E-state index in [-0.39, 0.29) is 11.8 Å². The van der Waals surface area contributed by atoms with Gasteiger partial charge in [-0.3, -0.25) is 14.9 Å². The zero-order valence-electron chi connectivity index (χ0n) is 21.8. The van der Waals surface area contributed by atoms with Gasteiger partial charge in [-0.05, 0) is 55.7 Å². The topological polar surface area (TPSA) is 55.4 Å². The van der Waals surface area contributed by atoms with Gasteiger partial charge in [0.15, 0.2) is 5.78 Å². The van der Waals surface area contributed by atoms with E-state index in [0.29, 0.717) is 16.5 Å². The second-order valence-electron chi connectivity index (χ2n) is 11.0. The monoisotopic (exact) mass is 545 g/mol. The number of Topliss-reactive ketones (excluding diaryl/α,β-unsaturated/α-hetero) is 1. The molecule has 0 aliphatic carbocycles. The first-order chi connectivity index (χ1) is 18.2. The Bertz CT molecular complexity index is 1350. The Hall–Kier alpha value is -2.86. The molecule has 5 rings (SSSR count). The Balaban J connectivity index is 1.70. The molecule has 4 unspecified atom stereocenters. The van der Waals surface area contributed by atoms with Crippen LogP contribution >= 0.6 is 23.4 Å². The van der Waals surface area contributed by atoms with Gasteiger partial charge in [0.1, 0.15) is 11.6 Å². The molecule has 6 heteroatoms. The molecule has 2 aliphatic rings. The number of benzene rings is 3. The van der Waals surface area contributed by atoms with Crippen molar-refractivity contribution >= 4 is 41.2 Å². The zero-order valence-corrected chi connectivity index (χ0v) is 23.4. The molecule has 1 N–H and O–H groups in total. The van der Waals surface area contributed by atoms with Crippen LogP contribution in [0.4, 0.5) is 0 Å². The summed E-state index contributed by atoms with van der Waals surface area (Å²) in [5.41, 5.74) is 1.99. The van der Waals surface area contributed by atoms with Gasteiger partial charge in [0, 0.05) is 34.1 Å². The highest BCUT2D eigenvalue weighted by atomic mass is 35.5. The summed E-state index contributed by atoms with van der Waals surface area (Å²) >= 11 is 8.18. The second kappa shape index (κ2) is 10.7. The molecular weight excluding hydrogens is 514 g/mol. The van der Waals surface area contributed by atoms with E-state index in [1.165, 1.54) is 0 Å². The highest BCUT2D eigenvalue weighted by molar-refractivity contribution is 7.99. The van der Waals surface area contributed by atoms with E-state index in [4.69, 9.17) is 16.3 Å². The summed E-state index contributed by atoms with van der Waals surface area (Å²) in [6.07, 6.45) is 1.99. The number of ketones is 1. The second-order valence-corrected chi connectivity index (χ2v) is 12.4. The van der Waals surface area contributed by atoms with Crippen molar-refractivity contribution in [3.63, 3.8) is 0 Å². The van der Waals surface area contributed by atoms with Crippen LogP contribution in [0.2, 0.25) is 5.02 Å². The van der Waals surface area contributed by atoms with Crippen molar-refractivity contribution in [3.05, 3.63) is 112 Å². The summed E-state index contributed by atoms with van der Waals surface area (Å²) < 4.78 is 5.91. The largest absolute Gasteiger partial charge is 0.459 e. The van der Waals surface area contributed by atoms with Crippen molar-refractivity contribution in [2.24, 2.45) is 5.41 Å². The first kappa shape index (κ1) is 26.7. The van der Waals surface area contributed by atoms with Crippen molar-refractivity contribution in [2.75, 3.05) is 11.5 Å². The third kappa shape index (κ3) is 5.20. The number of carbonyl (C=O) groups excluding carboxylic acids is 2. The molecular formula is C32H32ClNO3S. The minimum Gasteiger partial charge on any atom is -0.459 e. The number of halogens is 1. The highest BCUT2D eigenvalue weighted by Gasteiger charge is 2.63. The number of thioether (sulfide) groups is 1. The number of ether oxygens (including phenoxy) is 1. The number of hydrogen-bond acceptors (Lipinski definition) is 5. The molecule has 0 saturated carbocycles. The Morgan fingerprint density at radius 3 is 2.32 bits per heavy atom. The molecule has 0 radical (unpaired) electrons. The van der Waals surface area contributed by atoms with E-state index in [0.717, 1.165) is 22.3 Å². The van der Waals surface area contributed by atoms with Crippen LogP contribution in [-0.2, 0) is 14.3 Å². The summed E-state index contributed by atoms with van der Waals surface area (Å²) in [6.45, 7) is 5.59. The Morgan fingerprint density at radius 2 is 1.66 bits per heavy atom. The quantitative estimate of drug-likeness (QED) is 0.286. The normalized spacial score (nSPS) is 26.6. The Morgan fingerprint density at radius 1 is 1.00 bits per heavy atom. The maximum absolute atomic E-state index is 14.8. The van der Waals surface area contributed by atoms with E-state index in [2.05, 4.69) is 5.32 Å². The van der Waals surface area contributed by atoms with Crippen molar-refractivity contribution in [3.8, 4) is 0 Å². The van der Waals surface area contributed by atoms with Gasteiger partial charge in [0.2, 0.25) is 0 Å². The molecule has 3 aromatic carbocycles.